The van der Waals surface area contributed by atoms with Gasteiger partial charge in [0.05, 0.1) is 19.7 Å². The van der Waals surface area contributed by atoms with E-state index in [4.69, 9.17) is 5.73 Å². The van der Waals surface area contributed by atoms with Crippen molar-refractivity contribution in [2.24, 2.45) is 0 Å². The number of aliphatic hydroxyl groups is 1. The molecule has 0 aromatic heterocycles. The first-order valence-corrected chi connectivity index (χ1v) is 10.2. The molecule has 0 fully saturated rings. The monoisotopic (exact) mass is 394 g/mol. The molecule has 1 aromatic carbocycles. The van der Waals surface area contributed by atoms with Crippen LogP contribution < -0.4 is 18.1 Å². The van der Waals surface area contributed by atoms with Crippen LogP contribution in [0.5, 0.6) is 0 Å². The molecule has 154 valence electrons. The van der Waals surface area contributed by atoms with Crippen LogP contribution in [0.2, 0.25) is 0 Å². The highest BCUT2D eigenvalue weighted by molar-refractivity contribution is 5.44. The molecule has 1 rings (SSSR count). The molecular formula is C23H39ClN2O. The number of quaternary nitrogens is 1. The van der Waals surface area contributed by atoms with E-state index in [0.717, 1.165) is 68.5 Å². The Hall–Kier alpha value is -1.29. The zero-order chi connectivity index (χ0) is 19.3. The Balaban J connectivity index is 0.00000676. The lowest BCUT2D eigenvalue weighted by Gasteiger charge is -2.39. The minimum Gasteiger partial charge on any atom is -1.00 e. The molecular weight excluding hydrogens is 356 g/mol. The molecule has 4 heteroatoms. The minimum absolute atomic E-state index is 0. The van der Waals surface area contributed by atoms with Gasteiger partial charge < -0.3 is 27.7 Å². The van der Waals surface area contributed by atoms with Crippen LogP contribution in [0.4, 0.5) is 5.69 Å². The van der Waals surface area contributed by atoms with Crippen molar-refractivity contribution in [3.05, 3.63) is 53.6 Å². The number of nitrogens with two attached hydrogens (primary N) is 1. The minimum atomic E-state index is 0. The average molecular weight is 395 g/mol. The van der Waals surface area contributed by atoms with Gasteiger partial charge >= 0.3 is 0 Å². The fourth-order valence-corrected chi connectivity index (χ4v) is 3.55. The van der Waals surface area contributed by atoms with Crippen LogP contribution in [0, 0.1) is 0 Å². The molecule has 0 heterocycles. The van der Waals surface area contributed by atoms with E-state index in [0.29, 0.717) is 0 Å². The molecule has 0 amide bonds. The number of anilines is 1. The van der Waals surface area contributed by atoms with Gasteiger partial charge in [0.2, 0.25) is 0 Å². The molecule has 0 atom stereocenters. The quantitative estimate of drug-likeness (QED) is 0.305. The molecule has 1 aromatic rings. The summed E-state index contributed by atoms with van der Waals surface area (Å²) in [5, 5.41) is 9.79. The number of aryl methyl sites for hydroxylation is 1. The van der Waals surface area contributed by atoms with Crippen LogP contribution in [-0.4, -0.2) is 35.8 Å². The van der Waals surface area contributed by atoms with E-state index in [1.807, 2.05) is 6.07 Å². The third kappa shape index (κ3) is 9.46. The summed E-state index contributed by atoms with van der Waals surface area (Å²) in [5.74, 6) is 0. The van der Waals surface area contributed by atoms with E-state index < -0.39 is 0 Å². The summed E-state index contributed by atoms with van der Waals surface area (Å²) in [5.41, 5.74) is 9.61. The van der Waals surface area contributed by atoms with Gasteiger partial charge in [-0.05, 0) is 37.0 Å². The van der Waals surface area contributed by atoms with Crippen molar-refractivity contribution in [1.82, 2.24) is 0 Å². The lowest BCUT2D eigenvalue weighted by Crippen LogP contribution is -3.00. The van der Waals surface area contributed by atoms with E-state index in [1.54, 1.807) is 0 Å². The predicted molar refractivity (Wildman–Crippen MR) is 114 cm³/mol. The molecule has 0 unspecified atom stereocenters. The zero-order valence-electron chi connectivity index (χ0n) is 17.5. The molecule has 0 saturated heterocycles. The van der Waals surface area contributed by atoms with Crippen LogP contribution >= 0.6 is 0 Å². The summed E-state index contributed by atoms with van der Waals surface area (Å²) in [7, 11) is 0. The van der Waals surface area contributed by atoms with Crippen LogP contribution in [0.15, 0.2) is 42.5 Å². The number of aliphatic hydroxyl groups excluding tert-OH is 1. The number of allylic oxidation sites excluding steroid dienone is 2. The van der Waals surface area contributed by atoms with Crippen LogP contribution in [0.25, 0.3) is 0 Å². The first-order valence-electron chi connectivity index (χ1n) is 10.2. The highest BCUT2D eigenvalue weighted by Crippen LogP contribution is 2.22. The van der Waals surface area contributed by atoms with E-state index in [9.17, 15) is 5.11 Å². The Bertz CT molecular complexity index is 551. The normalized spacial score (nSPS) is 13.8. The van der Waals surface area contributed by atoms with Crippen LogP contribution in [0.1, 0.15) is 57.6 Å². The second-order valence-corrected chi connectivity index (χ2v) is 7.11. The van der Waals surface area contributed by atoms with Crippen LogP contribution in [-0.2, 0) is 13.0 Å². The summed E-state index contributed by atoms with van der Waals surface area (Å²) in [6, 6.07) is 6.29. The Labute approximate surface area is 173 Å². The number of nitrogens with zero attached hydrogens (tertiary/aromatic N) is 1. The third-order valence-electron chi connectivity index (χ3n) is 5.04. The summed E-state index contributed by atoms with van der Waals surface area (Å²) in [6.07, 6.45) is 14.3. The largest absolute Gasteiger partial charge is 1.00 e. The third-order valence-corrected chi connectivity index (χ3v) is 5.04. The zero-order valence-corrected chi connectivity index (χ0v) is 18.2. The van der Waals surface area contributed by atoms with E-state index in [1.165, 1.54) is 11.1 Å². The molecule has 0 aliphatic carbocycles. The number of halogens is 1. The van der Waals surface area contributed by atoms with Crippen LogP contribution in [0.3, 0.4) is 0 Å². The van der Waals surface area contributed by atoms with Gasteiger partial charge in [0.1, 0.15) is 13.1 Å². The highest BCUT2D eigenvalue weighted by Gasteiger charge is 2.27. The first-order chi connectivity index (χ1) is 12.6. The van der Waals surface area contributed by atoms with Crippen molar-refractivity contribution < 1.29 is 22.0 Å². The Morgan fingerprint density at radius 3 is 1.96 bits per heavy atom. The number of benzene rings is 1. The van der Waals surface area contributed by atoms with Crippen molar-refractivity contribution in [2.45, 2.75) is 59.4 Å². The second-order valence-electron chi connectivity index (χ2n) is 7.11. The van der Waals surface area contributed by atoms with Gasteiger partial charge in [0.25, 0.3) is 0 Å². The van der Waals surface area contributed by atoms with E-state index in [-0.39, 0.29) is 19.0 Å². The lowest BCUT2D eigenvalue weighted by atomic mass is 10.0. The van der Waals surface area contributed by atoms with Gasteiger partial charge in [0, 0.05) is 24.1 Å². The summed E-state index contributed by atoms with van der Waals surface area (Å²) < 4.78 is 0.912. The Kier molecular flexibility index (Phi) is 14.0. The van der Waals surface area contributed by atoms with Gasteiger partial charge in [-0.15, -0.1) is 0 Å². The SMILES string of the molecule is CCC=CCC[N+](CCO)(CCC=CCC)Cc1cc(N)ccc1CC.[Cl-]. The van der Waals surface area contributed by atoms with Crippen molar-refractivity contribution in [1.29, 1.82) is 0 Å². The molecule has 3 N–H and O–H groups in total. The average Bonchev–Trinajstić information content (AvgIpc) is 2.63. The molecule has 0 saturated carbocycles. The molecule has 3 nitrogen and oxygen atoms in total. The summed E-state index contributed by atoms with van der Waals surface area (Å²) in [6.45, 7) is 10.6. The van der Waals surface area contributed by atoms with Gasteiger partial charge in [0.15, 0.2) is 0 Å². The summed E-state index contributed by atoms with van der Waals surface area (Å²) in [4.78, 5) is 0. The fraction of sp³-hybridized carbons (Fsp3) is 0.565. The molecule has 0 bridgehead atoms. The van der Waals surface area contributed by atoms with E-state index >= 15 is 0 Å². The van der Waals surface area contributed by atoms with Crippen molar-refractivity contribution in [3.63, 3.8) is 0 Å². The smallest absolute Gasteiger partial charge is 0.105 e. The van der Waals surface area contributed by atoms with Gasteiger partial charge in [-0.3, -0.25) is 0 Å². The molecule has 0 radical (unpaired) electrons. The Morgan fingerprint density at radius 2 is 1.48 bits per heavy atom. The Morgan fingerprint density at radius 1 is 0.889 bits per heavy atom. The maximum Gasteiger partial charge on any atom is 0.105 e. The first kappa shape index (κ1) is 25.7. The lowest BCUT2D eigenvalue weighted by molar-refractivity contribution is -0.940. The number of hydrogen-bond donors (Lipinski definition) is 2. The second kappa shape index (κ2) is 14.7. The molecule has 0 aliphatic rings. The predicted octanol–water partition coefficient (Wildman–Crippen LogP) is 1.86. The standard InChI is InChI=1S/C23H39N2O.ClH/c1-4-7-9-11-15-25(17-18-26,16-12-10-8-5-2)20-22-19-23(24)14-13-21(22)6-3;/h7-10,13-14,19,26H,4-6,11-12,15-18,20,24H2,1-3H3;1H/q+1;/p-1. The van der Waals surface area contributed by atoms with Gasteiger partial charge in [-0.25, -0.2) is 0 Å². The topological polar surface area (TPSA) is 46.2 Å². The number of rotatable bonds is 13. The maximum absolute atomic E-state index is 9.79. The fourth-order valence-electron chi connectivity index (χ4n) is 3.55. The maximum atomic E-state index is 9.79. The number of nitrogen functional groups attached to an aromatic ring is 1. The molecule has 0 spiro atoms. The van der Waals surface area contributed by atoms with Crippen molar-refractivity contribution >= 4 is 5.69 Å². The molecule has 0 aliphatic heterocycles. The molecule has 27 heavy (non-hydrogen) atoms. The van der Waals surface area contributed by atoms with Gasteiger partial charge in [-0.2, -0.15) is 0 Å². The highest BCUT2D eigenvalue weighted by atomic mass is 35.5. The van der Waals surface area contributed by atoms with Crippen molar-refractivity contribution in [2.75, 3.05) is 32.0 Å². The van der Waals surface area contributed by atoms with E-state index in [2.05, 4.69) is 57.2 Å². The number of hydrogen-bond acceptors (Lipinski definition) is 2. The summed E-state index contributed by atoms with van der Waals surface area (Å²) >= 11 is 0. The van der Waals surface area contributed by atoms with Crippen molar-refractivity contribution in [3.8, 4) is 0 Å². The van der Waals surface area contributed by atoms with Gasteiger partial charge in [-0.1, -0.05) is 51.1 Å².